The largest absolute Gasteiger partial charge is 0.315 e. The first-order valence-corrected chi connectivity index (χ1v) is 8.27. The number of rotatable bonds is 4. The zero-order valence-electron chi connectivity index (χ0n) is 9.85. The summed E-state index contributed by atoms with van der Waals surface area (Å²) in [4.78, 5) is 1.05. The van der Waals surface area contributed by atoms with Crippen LogP contribution in [0.25, 0.3) is 0 Å². The van der Waals surface area contributed by atoms with E-state index in [9.17, 15) is 8.42 Å². The van der Waals surface area contributed by atoms with Crippen molar-refractivity contribution in [3.63, 3.8) is 0 Å². The molecule has 17 heavy (non-hydrogen) atoms. The maximum absolute atomic E-state index is 12.1. The molecule has 0 spiro atoms. The van der Waals surface area contributed by atoms with Gasteiger partial charge in [-0.25, -0.2) is 13.1 Å². The van der Waals surface area contributed by atoms with Crippen molar-refractivity contribution in [2.45, 2.75) is 31.1 Å². The molecule has 0 saturated carbocycles. The van der Waals surface area contributed by atoms with Gasteiger partial charge < -0.3 is 5.32 Å². The zero-order chi connectivity index (χ0) is 12.3. The van der Waals surface area contributed by atoms with Crippen LogP contribution in [0.2, 0.25) is 0 Å². The predicted octanol–water partition coefficient (Wildman–Crippen LogP) is 1.48. The van der Waals surface area contributed by atoms with E-state index in [1.807, 2.05) is 24.4 Å². The van der Waals surface area contributed by atoms with Gasteiger partial charge in [0, 0.05) is 11.4 Å². The third kappa shape index (κ3) is 3.28. The van der Waals surface area contributed by atoms with E-state index in [1.165, 1.54) is 0 Å². The Hall–Kier alpha value is -0.430. The Morgan fingerprint density at radius 1 is 1.59 bits per heavy atom. The van der Waals surface area contributed by atoms with Crippen molar-refractivity contribution in [3.05, 3.63) is 22.4 Å². The van der Waals surface area contributed by atoms with Gasteiger partial charge in [0.15, 0.2) is 0 Å². The zero-order valence-corrected chi connectivity index (χ0v) is 11.5. The number of thiophene rings is 1. The maximum atomic E-state index is 12.1. The Morgan fingerprint density at radius 2 is 2.41 bits per heavy atom. The first kappa shape index (κ1) is 13.0. The SMILES string of the molecule is CC(NS(=O)(=O)C1CCCNC1)c1cccs1. The summed E-state index contributed by atoms with van der Waals surface area (Å²) in [5.41, 5.74) is 0. The highest BCUT2D eigenvalue weighted by atomic mass is 32.2. The van der Waals surface area contributed by atoms with Crippen LogP contribution in [-0.4, -0.2) is 26.8 Å². The molecule has 0 aliphatic carbocycles. The normalized spacial score (nSPS) is 23.5. The van der Waals surface area contributed by atoms with E-state index in [0.29, 0.717) is 6.54 Å². The van der Waals surface area contributed by atoms with Crippen LogP contribution in [0.5, 0.6) is 0 Å². The molecule has 1 aromatic rings. The van der Waals surface area contributed by atoms with Gasteiger partial charge in [-0.1, -0.05) is 6.07 Å². The molecular formula is C11H18N2O2S2. The molecule has 1 aromatic heterocycles. The third-order valence-corrected chi connectivity index (χ3v) is 6.02. The average Bonchev–Trinajstić information content (AvgIpc) is 2.83. The maximum Gasteiger partial charge on any atom is 0.216 e. The van der Waals surface area contributed by atoms with Crippen molar-refractivity contribution in [2.75, 3.05) is 13.1 Å². The molecule has 2 heterocycles. The summed E-state index contributed by atoms with van der Waals surface area (Å²) in [6, 6.07) is 3.76. The molecule has 4 nitrogen and oxygen atoms in total. The van der Waals surface area contributed by atoms with Gasteiger partial charge in [0.05, 0.1) is 11.3 Å². The molecule has 2 unspecified atom stereocenters. The molecular weight excluding hydrogens is 256 g/mol. The van der Waals surface area contributed by atoms with Crippen LogP contribution in [0.4, 0.5) is 0 Å². The number of sulfonamides is 1. The number of hydrogen-bond donors (Lipinski definition) is 2. The quantitative estimate of drug-likeness (QED) is 0.874. The van der Waals surface area contributed by atoms with Gasteiger partial charge in [0.2, 0.25) is 10.0 Å². The molecule has 6 heteroatoms. The summed E-state index contributed by atoms with van der Waals surface area (Å²) in [5, 5.41) is 4.80. The van der Waals surface area contributed by atoms with Gasteiger partial charge in [-0.3, -0.25) is 0 Å². The molecule has 0 amide bonds. The second-order valence-electron chi connectivity index (χ2n) is 4.37. The summed E-state index contributed by atoms with van der Waals surface area (Å²) >= 11 is 1.58. The molecule has 2 atom stereocenters. The standard InChI is InChI=1S/C11H18N2O2S2/c1-9(11-5-3-7-16-11)13-17(14,15)10-4-2-6-12-8-10/h3,5,7,9-10,12-13H,2,4,6,8H2,1H3. The molecule has 1 aliphatic heterocycles. The molecule has 1 aliphatic rings. The van der Waals surface area contributed by atoms with E-state index in [4.69, 9.17) is 0 Å². The molecule has 1 fully saturated rings. The fourth-order valence-electron chi connectivity index (χ4n) is 2.02. The lowest BCUT2D eigenvalue weighted by Gasteiger charge is -2.24. The molecule has 0 aromatic carbocycles. The highest BCUT2D eigenvalue weighted by Gasteiger charge is 2.28. The molecule has 2 rings (SSSR count). The third-order valence-electron chi connectivity index (χ3n) is 3.00. The van der Waals surface area contributed by atoms with Gasteiger partial charge in [-0.05, 0) is 37.8 Å². The fourth-order valence-corrected chi connectivity index (χ4v) is 4.46. The van der Waals surface area contributed by atoms with Crippen LogP contribution >= 0.6 is 11.3 Å². The van der Waals surface area contributed by atoms with Gasteiger partial charge in [-0.15, -0.1) is 11.3 Å². The van der Waals surface area contributed by atoms with E-state index in [0.717, 1.165) is 24.3 Å². The summed E-state index contributed by atoms with van der Waals surface area (Å²) in [6.07, 6.45) is 1.68. The second kappa shape index (κ2) is 5.48. The molecule has 1 saturated heterocycles. The Labute approximate surface area is 106 Å². The van der Waals surface area contributed by atoms with Crippen LogP contribution in [0.15, 0.2) is 17.5 Å². The lowest BCUT2D eigenvalue weighted by Crippen LogP contribution is -2.44. The molecule has 96 valence electrons. The van der Waals surface area contributed by atoms with Crippen molar-refractivity contribution in [1.82, 2.24) is 10.0 Å². The lowest BCUT2D eigenvalue weighted by atomic mass is 10.2. The van der Waals surface area contributed by atoms with E-state index in [1.54, 1.807) is 11.3 Å². The van der Waals surface area contributed by atoms with Crippen LogP contribution < -0.4 is 10.0 Å². The summed E-state index contributed by atoms with van der Waals surface area (Å²) in [5.74, 6) is 0. The van der Waals surface area contributed by atoms with Crippen molar-refractivity contribution in [2.24, 2.45) is 0 Å². The summed E-state index contributed by atoms with van der Waals surface area (Å²) in [7, 11) is -3.21. The van der Waals surface area contributed by atoms with Gasteiger partial charge >= 0.3 is 0 Å². The highest BCUT2D eigenvalue weighted by molar-refractivity contribution is 7.90. The van der Waals surface area contributed by atoms with Crippen LogP contribution in [0.3, 0.4) is 0 Å². The lowest BCUT2D eigenvalue weighted by molar-refractivity contribution is 0.485. The van der Waals surface area contributed by atoms with Crippen molar-refractivity contribution in [3.8, 4) is 0 Å². The van der Waals surface area contributed by atoms with E-state index in [-0.39, 0.29) is 11.3 Å². The second-order valence-corrected chi connectivity index (χ2v) is 7.34. The number of nitrogens with one attached hydrogen (secondary N) is 2. The molecule has 0 radical (unpaired) electrons. The molecule has 2 N–H and O–H groups in total. The number of piperidine rings is 1. The summed E-state index contributed by atoms with van der Waals surface area (Å²) in [6.45, 7) is 3.37. The monoisotopic (exact) mass is 274 g/mol. The van der Waals surface area contributed by atoms with Crippen molar-refractivity contribution < 1.29 is 8.42 Å². The first-order valence-electron chi connectivity index (χ1n) is 5.85. The minimum absolute atomic E-state index is 0.137. The van der Waals surface area contributed by atoms with Gasteiger partial charge in [0.25, 0.3) is 0 Å². The van der Waals surface area contributed by atoms with Crippen LogP contribution in [0, 0.1) is 0 Å². The smallest absolute Gasteiger partial charge is 0.216 e. The Kier molecular flexibility index (Phi) is 4.19. The molecule has 0 bridgehead atoms. The average molecular weight is 274 g/mol. The van der Waals surface area contributed by atoms with E-state index in [2.05, 4.69) is 10.0 Å². The van der Waals surface area contributed by atoms with Gasteiger partial charge in [0.1, 0.15) is 0 Å². The van der Waals surface area contributed by atoms with Crippen molar-refractivity contribution >= 4 is 21.4 Å². The summed E-state index contributed by atoms with van der Waals surface area (Å²) < 4.78 is 27.1. The Morgan fingerprint density at radius 3 is 3.00 bits per heavy atom. The first-order chi connectivity index (χ1) is 8.09. The van der Waals surface area contributed by atoms with Gasteiger partial charge in [-0.2, -0.15) is 0 Å². The van der Waals surface area contributed by atoms with E-state index >= 15 is 0 Å². The minimum Gasteiger partial charge on any atom is -0.315 e. The Balaban J connectivity index is 2.01. The number of hydrogen-bond acceptors (Lipinski definition) is 4. The minimum atomic E-state index is -3.21. The fraction of sp³-hybridized carbons (Fsp3) is 0.636. The predicted molar refractivity (Wildman–Crippen MR) is 70.7 cm³/mol. The van der Waals surface area contributed by atoms with Crippen LogP contribution in [0.1, 0.15) is 30.7 Å². The van der Waals surface area contributed by atoms with E-state index < -0.39 is 10.0 Å². The Bertz CT molecular complexity index is 436. The van der Waals surface area contributed by atoms with Crippen LogP contribution in [-0.2, 0) is 10.0 Å². The van der Waals surface area contributed by atoms with Crippen molar-refractivity contribution in [1.29, 1.82) is 0 Å². The highest BCUT2D eigenvalue weighted by Crippen LogP contribution is 2.21. The topological polar surface area (TPSA) is 58.2 Å².